The molecule has 1 saturated heterocycles. The lowest BCUT2D eigenvalue weighted by atomic mass is 10.1. The van der Waals surface area contributed by atoms with Crippen LogP contribution in [0.5, 0.6) is 0 Å². The van der Waals surface area contributed by atoms with E-state index in [0.29, 0.717) is 0 Å². The topological polar surface area (TPSA) is 48.9 Å². The number of hydrogen-bond acceptors (Lipinski definition) is 3. The molecule has 0 saturated carbocycles. The number of methoxy groups -OCH3 is 1. The summed E-state index contributed by atoms with van der Waals surface area (Å²) in [5.74, 6) is 1.59. The third-order valence-electron chi connectivity index (χ3n) is 3.83. The molecule has 5 heteroatoms. The lowest BCUT2D eigenvalue weighted by molar-refractivity contribution is 0.0268. The smallest absolute Gasteiger partial charge is 0.191 e. The van der Waals surface area contributed by atoms with Gasteiger partial charge in [0, 0.05) is 33.8 Å². The molecule has 0 spiro atoms. The molecule has 1 aliphatic heterocycles. The molecule has 1 unspecified atom stereocenters. The molecular weight excluding hydrogens is 240 g/mol. The summed E-state index contributed by atoms with van der Waals surface area (Å²) in [5, 5.41) is 6.72. The van der Waals surface area contributed by atoms with Crippen LogP contribution in [0.25, 0.3) is 0 Å². The third-order valence-corrected chi connectivity index (χ3v) is 3.83. The van der Waals surface area contributed by atoms with E-state index in [-0.39, 0.29) is 5.60 Å². The molecule has 0 radical (unpaired) electrons. The van der Waals surface area contributed by atoms with Crippen molar-refractivity contribution in [1.82, 2.24) is 15.5 Å². The van der Waals surface area contributed by atoms with Crippen molar-refractivity contribution in [3.63, 3.8) is 0 Å². The molecule has 1 aliphatic rings. The number of guanidine groups is 1. The summed E-state index contributed by atoms with van der Waals surface area (Å²) in [6.07, 6.45) is 1.28. The molecule has 0 aliphatic carbocycles. The molecule has 0 bridgehead atoms. The van der Waals surface area contributed by atoms with Gasteiger partial charge in [0.25, 0.3) is 0 Å². The molecular formula is C14H30N4O. The van der Waals surface area contributed by atoms with E-state index in [1.807, 2.05) is 7.05 Å². The Morgan fingerprint density at radius 3 is 2.68 bits per heavy atom. The summed E-state index contributed by atoms with van der Waals surface area (Å²) in [5.41, 5.74) is -0.177. The van der Waals surface area contributed by atoms with Crippen LogP contribution >= 0.6 is 0 Å². The van der Waals surface area contributed by atoms with Crippen molar-refractivity contribution in [2.24, 2.45) is 10.9 Å². The van der Waals surface area contributed by atoms with Gasteiger partial charge in [0.15, 0.2) is 5.96 Å². The first kappa shape index (κ1) is 16.2. The van der Waals surface area contributed by atoms with Crippen LogP contribution in [0.3, 0.4) is 0 Å². The number of rotatable bonds is 6. The summed E-state index contributed by atoms with van der Waals surface area (Å²) in [7, 11) is 3.54. The van der Waals surface area contributed by atoms with E-state index in [9.17, 15) is 0 Å². The molecule has 1 heterocycles. The predicted octanol–water partition coefficient (Wildman–Crippen LogP) is 0.918. The van der Waals surface area contributed by atoms with E-state index < -0.39 is 0 Å². The second-order valence-corrected chi connectivity index (χ2v) is 5.82. The van der Waals surface area contributed by atoms with Crippen LogP contribution in [0, 0.1) is 5.92 Å². The molecule has 0 amide bonds. The Hall–Kier alpha value is -0.810. The second-order valence-electron chi connectivity index (χ2n) is 5.82. The maximum atomic E-state index is 5.39. The van der Waals surface area contributed by atoms with Crippen LogP contribution in [0.1, 0.15) is 27.2 Å². The fraction of sp³-hybridized carbons (Fsp3) is 0.929. The van der Waals surface area contributed by atoms with Crippen molar-refractivity contribution in [2.45, 2.75) is 32.8 Å². The van der Waals surface area contributed by atoms with Crippen LogP contribution in [0.15, 0.2) is 4.99 Å². The van der Waals surface area contributed by atoms with Crippen molar-refractivity contribution < 1.29 is 4.74 Å². The number of ether oxygens (including phenoxy) is 1. The summed E-state index contributed by atoms with van der Waals surface area (Å²) in [4.78, 5) is 6.75. The van der Waals surface area contributed by atoms with Crippen LogP contribution in [0.2, 0.25) is 0 Å². The molecule has 112 valence electrons. The molecule has 19 heavy (non-hydrogen) atoms. The molecule has 1 atom stereocenters. The molecule has 1 rings (SSSR count). The van der Waals surface area contributed by atoms with E-state index in [1.54, 1.807) is 7.11 Å². The van der Waals surface area contributed by atoms with Crippen LogP contribution in [0.4, 0.5) is 0 Å². The first-order chi connectivity index (χ1) is 9.00. The van der Waals surface area contributed by atoms with Crippen molar-refractivity contribution in [3.05, 3.63) is 0 Å². The van der Waals surface area contributed by atoms with E-state index in [0.717, 1.165) is 31.5 Å². The Bertz CT molecular complexity index is 291. The zero-order chi connectivity index (χ0) is 14.3. The first-order valence-electron chi connectivity index (χ1n) is 7.22. The van der Waals surface area contributed by atoms with E-state index >= 15 is 0 Å². The zero-order valence-electron chi connectivity index (χ0n) is 13.1. The summed E-state index contributed by atoms with van der Waals surface area (Å²) >= 11 is 0. The van der Waals surface area contributed by atoms with Crippen LogP contribution < -0.4 is 10.6 Å². The highest BCUT2D eigenvalue weighted by molar-refractivity contribution is 5.79. The van der Waals surface area contributed by atoms with Gasteiger partial charge in [0.2, 0.25) is 0 Å². The molecule has 1 fully saturated rings. The Morgan fingerprint density at radius 1 is 1.42 bits per heavy atom. The fourth-order valence-electron chi connectivity index (χ4n) is 2.20. The number of likely N-dealkylation sites (tertiary alicyclic amines) is 1. The van der Waals surface area contributed by atoms with Gasteiger partial charge >= 0.3 is 0 Å². The molecule has 0 aromatic rings. The SMILES string of the molecule is CCN1CCC(CNC(=NC)NCC(C)(C)OC)C1. The minimum absolute atomic E-state index is 0.177. The van der Waals surface area contributed by atoms with Crippen molar-refractivity contribution >= 4 is 5.96 Å². The van der Waals surface area contributed by atoms with Gasteiger partial charge in [-0.25, -0.2) is 0 Å². The largest absolute Gasteiger partial charge is 0.377 e. The molecule has 0 aromatic carbocycles. The van der Waals surface area contributed by atoms with Crippen molar-refractivity contribution in [2.75, 3.05) is 46.9 Å². The van der Waals surface area contributed by atoms with Crippen molar-refractivity contribution in [3.8, 4) is 0 Å². The first-order valence-corrected chi connectivity index (χ1v) is 7.22. The number of hydrogen-bond donors (Lipinski definition) is 2. The highest BCUT2D eigenvalue weighted by Gasteiger charge is 2.21. The Balaban J connectivity index is 2.26. The highest BCUT2D eigenvalue weighted by Crippen LogP contribution is 2.14. The lowest BCUT2D eigenvalue weighted by Gasteiger charge is -2.25. The molecule has 5 nitrogen and oxygen atoms in total. The lowest BCUT2D eigenvalue weighted by Crippen LogP contribution is -2.46. The summed E-state index contributed by atoms with van der Waals surface area (Å²) < 4.78 is 5.39. The maximum Gasteiger partial charge on any atom is 0.191 e. The zero-order valence-corrected chi connectivity index (χ0v) is 13.1. The third kappa shape index (κ3) is 5.78. The number of nitrogens with zero attached hydrogens (tertiary/aromatic N) is 2. The monoisotopic (exact) mass is 270 g/mol. The van der Waals surface area contributed by atoms with Crippen LogP contribution in [-0.2, 0) is 4.74 Å². The second kappa shape index (κ2) is 7.70. The van der Waals surface area contributed by atoms with Gasteiger partial charge in [-0.1, -0.05) is 6.92 Å². The minimum atomic E-state index is -0.177. The van der Waals surface area contributed by atoms with E-state index in [1.165, 1.54) is 19.5 Å². The Kier molecular flexibility index (Phi) is 6.58. The van der Waals surface area contributed by atoms with Gasteiger partial charge in [0.05, 0.1) is 5.60 Å². The standard InChI is InChI=1S/C14H30N4O/c1-6-18-8-7-12(10-18)9-16-13(15-4)17-11-14(2,3)19-5/h12H,6-11H2,1-5H3,(H2,15,16,17). The molecule has 2 N–H and O–H groups in total. The highest BCUT2D eigenvalue weighted by atomic mass is 16.5. The van der Waals surface area contributed by atoms with E-state index in [4.69, 9.17) is 4.74 Å². The van der Waals surface area contributed by atoms with Gasteiger partial charge in [-0.05, 0) is 39.3 Å². The summed E-state index contributed by atoms with van der Waals surface area (Å²) in [6.45, 7) is 11.7. The maximum absolute atomic E-state index is 5.39. The Morgan fingerprint density at radius 2 is 2.16 bits per heavy atom. The quantitative estimate of drug-likeness (QED) is 0.556. The normalized spacial score (nSPS) is 21.7. The van der Waals surface area contributed by atoms with Gasteiger partial charge in [-0.3, -0.25) is 4.99 Å². The van der Waals surface area contributed by atoms with Gasteiger partial charge in [0.1, 0.15) is 0 Å². The Labute approximate surface area is 117 Å². The molecule has 0 aromatic heterocycles. The number of nitrogens with one attached hydrogen (secondary N) is 2. The van der Waals surface area contributed by atoms with Crippen molar-refractivity contribution in [1.29, 1.82) is 0 Å². The average molecular weight is 270 g/mol. The average Bonchev–Trinajstić information content (AvgIpc) is 2.87. The summed E-state index contributed by atoms with van der Waals surface area (Å²) in [6, 6.07) is 0. The van der Waals surface area contributed by atoms with Gasteiger partial charge < -0.3 is 20.3 Å². The van der Waals surface area contributed by atoms with Crippen LogP contribution in [-0.4, -0.2) is 63.3 Å². The van der Waals surface area contributed by atoms with E-state index in [2.05, 4.69) is 41.3 Å². The fourth-order valence-corrected chi connectivity index (χ4v) is 2.20. The minimum Gasteiger partial charge on any atom is -0.377 e. The number of aliphatic imine (C=N–C) groups is 1. The van der Waals surface area contributed by atoms with Gasteiger partial charge in [-0.2, -0.15) is 0 Å². The van der Waals surface area contributed by atoms with Gasteiger partial charge in [-0.15, -0.1) is 0 Å². The predicted molar refractivity (Wildman–Crippen MR) is 80.7 cm³/mol.